The number of rotatable bonds is 5. The van der Waals surface area contributed by atoms with Gasteiger partial charge in [-0.3, -0.25) is 0 Å². The Morgan fingerprint density at radius 2 is 1.88 bits per heavy atom. The number of ether oxygens (including phenoxy) is 1. The molecular formula is C19H18N2OS2. The maximum atomic E-state index is 5.51. The molecule has 24 heavy (non-hydrogen) atoms. The van der Waals surface area contributed by atoms with Gasteiger partial charge in [0, 0.05) is 16.6 Å². The van der Waals surface area contributed by atoms with Gasteiger partial charge < -0.3 is 15.4 Å². The zero-order chi connectivity index (χ0) is 16.8. The molecule has 0 radical (unpaired) electrons. The molecule has 0 spiro atoms. The van der Waals surface area contributed by atoms with E-state index in [0.29, 0.717) is 5.11 Å². The van der Waals surface area contributed by atoms with Gasteiger partial charge in [-0.25, -0.2) is 0 Å². The summed E-state index contributed by atoms with van der Waals surface area (Å²) in [5.74, 6) is 0.792. The third-order valence-electron chi connectivity index (χ3n) is 3.56. The second-order valence-corrected chi connectivity index (χ2v) is 6.58. The van der Waals surface area contributed by atoms with Crippen LogP contribution in [0.4, 0.5) is 5.69 Å². The first kappa shape index (κ1) is 16.5. The highest BCUT2D eigenvalue weighted by molar-refractivity contribution is 7.80. The molecule has 3 nitrogen and oxygen atoms in total. The Balaban J connectivity index is 1.76. The van der Waals surface area contributed by atoms with Crippen LogP contribution >= 0.6 is 23.6 Å². The summed E-state index contributed by atoms with van der Waals surface area (Å²) in [6, 6.07) is 22.2. The molecule has 5 heteroatoms. The number of thiocarbonyl (C=S) groups is 1. The summed E-state index contributed by atoms with van der Waals surface area (Å²) >= 11 is 7.22. The molecule has 1 atom stereocenters. The van der Waals surface area contributed by atoms with Crippen LogP contribution in [-0.4, -0.2) is 12.2 Å². The van der Waals surface area contributed by atoms with Crippen molar-refractivity contribution in [3.8, 4) is 5.75 Å². The Bertz CT molecular complexity index is 788. The molecule has 2 aromatic carbocycles. The fraction of sp³-hybridized carbons (Fsp3) is 0.105. The molecule has 0 unspecified atom stereocenters. The van der Waals surface area contributed by atoms with Gasteiger partial charge in [0.25, 0.3) is 0 Å². The molecule has 3 rings (SSSR count). The number of nitrogens with one attached hydrogen (secondary N) is 2. The monoisotopic (exact) mass is 354 g/mol. The summed E-state index contributed by atoms with van der Waals surface area (Å²) < 4.78 is 5.24. The van der Waals surface area contributed by atoms with Gasteiger partial charge in [0.2, 0.25) is 0 Å². The van der Waals surface area contributed by atoms with E-state index in [1.807, 2.05) is 42.5 Å². The SMILES string of the molecule is COc1cccc(NC(=S)N[C@@H](c2ccccc2)c2cccs2)c1. The summed E-state index contributed by atoms with van der Waals surface area (Å²) in [6.45, 7) is 0. The van der Waals surface area contributed by atoms with Crippen molar-refractivity contribution in [2.24, 2.45) is 0 Å². The van der Waals surface area contributed by atoms with Crippen LogP contribution in [0.2, 0.25) is 0 Å². The van der Waals surface area contributed by atoms with E-state index in [0.717, 1.165) is 11.4 Å². The largest absolute Gasteiger partial charge is 0.497 e. The maximum absolute atomic E-state index is 5.51. The number of thiophene rings is 1. The van der Waals surface area contributed by atoms with Crippen molar-refractivity contribution >= 4 is 34.4 Å². The minimum Gasteiger partial charge on any atom is -0.497 e. The van der Waals surface area contributed by atoms with E-state index in [2.05, 4.69) is 40.3 Å². The van der Waals surface area contributed by atoms with Crippen molar-refractivity contribution in [2.75, 3.05) is 12.4 Å². The lowest BCUT2D eigenvalue weighted by atomic mass is 10.1. The van der Waals surface area contributed by atoms with Crippen LogP contribution in [0, 0.1) is 0 Å². The maximum Gasteiger partial charge on any atom is 0.171 e. The molecule has 0 bridgehead atoms. The molecule has 1 aromatic heterocycles. The van der Waals surface area contributed by atoms with Crippen molar-refractivity contribution in [1.29, 1.82) is 0 Å². The Hall–Kier alpha value is -2.37. The van der Waals surface area contributed by atoms with E-state index in [9.17, 15) is 0 Å². The number of hydrogen-bond acceptors (Lipinski definition) is 3. The van der Waals surface area contributed by atoms with Crippen LogP contribution in [0.5, 0.6) is 5.75 Å². The van der Waals surface area contributed by atoms with Gasteiger partial charge in [0.05, 0.1) is 13.2 Å². The average Bonchev–Trinajstić information content (AvgIpc) is 3.15. The molecule has 0 saturated heterocycles. The summed E-state index contributed by atoms with van der Waals surface area (Å²) in [4.78, 5) is 1.22. The molecule has 122 valence electrons. The van der Waals surface area contributed by atoms with E-state index in [4.69, 9.17) is 17.0 Å². The lowest BCUT2D eigenvalue weighted by Crippen LogP contribution is -2.32. The summed E-state index contributed by atoms with van der Waals surface area (Å²) in [7, 11) is 1.65. The lowest BCUT2D eigenvalue weighted by molar-refractivity contribution is 0.415. The molecule has 1 heterocycles. The third-order valence-corrected chi connectivity index (χ3v) is 4.72. The van der Waals surface area contributed by atoms with Crippen LogP contribution in [0.15, 0.2) is 72.1 Å². The highest BCUT2D eigenvalue weighted by Crippen LogP contribution is 2.26. The predicted octanol–water partition coefficient (Wildman–Crippen LogP) is 4.83. The molecule has 0 aliphatic heterocycles. The molecule has 0 amide bonds. The molecule has 3 aromatic rings. The minimum absolute atomic E-state index is 0.0248. The fourth-order valence-electron chi connectivity index (χ4n) is 2.42. The van der Waals surface area contributed by atoms with Crippen LogP contribution in [0.3, 0.4) is 0 Å². The van der Waals surface area contributed by atoms with E-state index < -0.39 is 0 Å². The van der Waals surface area contributed by atoms with Crippen LogP contribution in [-0.2, 0) is 0 Å². The molecule has 0 aliphatic carbocycles. The number of benzene rings is 2. The van der Waals surface area contributed by atoms with Crippen LogP contribution in [0.1, 0.15) is 16.5 Å². The lowest BCUT2D eigenvalue weighted by Gasteiger charge is -2.20. The first-order valence-corrected chi connectivity index (χ1v) is 8.85. The zero-order valence-electron chi connectivity index (χ0n) is 13.2. The predicted molar refractivity (Wildman–Crippen MR) is 105 cm³/mol. The van der Waals surface area contributed by atoms with Crippen molar-refractivity contribution in [3.63, 3.8) is 0 Å². The number of methoxy groups -OCH3 is 1. The highest BCUT2D eigenvalue weighted by Gasteiger charge is 2.16. The third kappa shape index (κ3) is 4.13. The minimum atomic E-state index is 0.0248. The quantitative estimate of drug-likeness (QED) is 0.643. The highest BCUT2D eigenvalue weighted by atomic mass is 32.1. The molecular weight excluding hydrogens is 336 g/mol. The average molecular weight is 355 g/mol. The van der Waals surface area contributed by atoms with Crippen molar-refractivity contribution in [2.45, 2.75) is 6.04 Å². The summed E-state index contributed by atoms with van der Waals surface area (Å²) in [6.07, 6.45) is 0. The van der Waals surface area contributed by atoms with E-state index in [-0.39, 0.29) is 6.04 Å². The normalized spacial score (nSPS) is 11.5. The smallest absolute Gasteiger partial charge is 0.171 e. The second-order valence-electron chi connectivity index (χ2n) is 5.19. The van der Waals surface area contributed by atoms with Gasteiger partial charge in [-0.05, 0) is 41.4 Å². The van der Waals surface area contributed by atoms with Gasteiger partial charge >= 0.3 is 0 Å². The number of anilines is 1. The summed E-state index contributed by atoms with van der Waals surface area (Å²) in [5.41, 5.74) is 2.07. The van der Waals surface area contributed by atoms with Crippen LogP contribution in [0.25, 0.3) is 0 Å². The second kappa shape index (κ2) is 7.95. The first-order valence-electron chi connectivity index (χ1n) is 7.56. The molecule has 0 saturated carbocycles. The summed E-state index contributed by atoms with van der Waals surface area (Å²) in [5, 5.41) is 9.28. The fourth-order valence-corrected chi connectivity index (χ4v) is 3.46. The van der Waals surface area contributed by atoms with Crippen molar-refractivity contribution in [3.05, 3.63) is 82.6 Å². The zero-order valence-corrected chi connectivity index (χ0v) is 14.9. The van der Waals surface area contributed by atoms with Gasteiger partial charge in [-0.2, -0.15) is 0 Å². The Labute approximate surface area is 151 Å². The standard InChI is InChI=1S/C19H18N2OS2/c1-22-16-10-5-9-15(13-16)20-19(23)21-18(17-11-6-12-24-17)14-7-3-2-4-8-14/h2-13,18H,1H3,(H2,20,21,23)/t18-/m0/s1. The van der Waals surface area contributed by atoms with Gasteiger partial charge in [0.1, 0.15) is 5.75 Å². The van der Waals surface area contributed by atoms with Crippen LogP contribution < -0.4 is 15.4 Å². The number of hydrogen-bond donors (Lipinski definition) is 2. The van der Waals surface area contributed by atoms with E-state index in [1.54, 1.807) is 18.4 Å². The Morgan fingerprint density at radius 1 is 1.04 bits per heavy atom. The van der Waals surface area contributed by atoms with E-state index in [1.165, 1.54) is 10.4 Å². The Kier molecular flexibility index (Phi) is 5.46. The van der Waals surface area contributed by atoms with Crippen molar-refractivity contribution in [1.82, 2.24) is 5.32 Å². The molecule has 0 aliphatic rings. The Morgan fingerprint density at radius 3 is 2.58 bits per heavy atom. The van der Waals surface area contributed by atoms with Gasteiger partial charge in [0.15, 0.2) is 5.11 Å². The molecule has 0 fully saturated rings. The van der Waals surface area contributed by atoms with Gasteiger partial charge in [-0.1, -0.05) is 42.5 Å². The topological polar surface area (TPSA) is 33.3 Å². The molecule has 2 N–H and O–H groups in total. The van der Waals surface area contributed by atoms with Gasteiger partial charge in [-0.15, -0.1) is 11.3 Å². The van der Waals surface area contributed by atoms with Crippen molar-refractivity contribution < 1.29 is 4.74 Å². The first-order chi connectivity index (χ1) is 11.8. The van der Waals surface area contributed by atoms with E-state index >= 15 is 0 Å².